The number of rotatable bonds is 8. The van der Waals surface area contributed by atoms with Crippen molar-refractivity contribution in [1.82, 2.24) is 4.90 Å². The second-order valence-corrected chi connectivity index (χ2v) is 10.5. The van der Waals surface area contributed by atoms with Crippen molar-refractivity contribution in [3.63, 3.8) is 0 Å². The number of likely N-dealkylation sites (tertiary alicyclic amines) is 1. The predicted octanol–water partition coefficient (Wildman–Crippen LogP) is 6.91. The molecule has 0 unspecified atom stereocenters. The number of amides is 1. The standard InChI is InChI=1S/C33H38N2O4/c1-3-39-33(37)27-8-6-7-26(21-27)23-11-13-25(14-12-23)32(36)34-28-15-16-31(38-2)30(22-28)24-17-19-35(20-18-24)29-9-4-5-10-29/h6-8,11-16,21-22,24,29H,3-5,9-10,17-20H2,1-2H3,(H,34,36). The molecule has 0 aromatic heterocycles. The maximum absolute atomic E-state index is 13.1. The molecule has 3 aromatic carbocycles. The van der Waals surface area contributed by atoms with Crippen LogP contribution in [0.5, 0.6) is 5.75 Å². The minimum atomic E-state index is -0.339. The second kappa shape index (κ2) is 12.5. The summed E-state index contributed by atoms with van der Waals surface area (Å²) in [5.41, 5.74) is 4.86. The van der Waals surface area contributed by atoms with Crippen LogP contribution in [0.1, 0.15) is 77.6 Å². The molecule has 1 amide bonds. The molecule has 2 fully saturated rings. The average molecular weight is 527 g/mol. The lowest BCUT2D eigenvalue weighted by atomic mass is 9.87. The summed E-state index contributed by atoms with van der Waals surface area (Å²) in [5, 5.41) is 3.07. The Morgan fingerprint density at radius 3 is 2.31 bits per heavy atom. The highest BCUT2D eigenvalue weighted by atomic mass is 16.5. The number of benzene rings is 3. The summed E-state index contributed by atoms with van der Waals surface area (Å²) < 4.78 is 10.8. The van der Waals surface area contributed by atoms with Crippen LogP contribution in [0.3, 0.4) is 0 Å². The van der Waals surface area contributed by atoms with Crippen LogP contribution >= 0.6 is 0 Å². The summed E-state index contributed by atoms with van der Waals surface area (Å²) in [6.45, 7) is 4.38. The summed E-state index contributed by atoms with van der Waals surface area (Å²) in [4.78, 5) is 27.9. The van der Waals surface area contributed by atoms with Crippen LogP contribution in [0.2, 0.25) is 0 Å². The third kappa shape index (κ3) is 6.34. The first-order valence-corrected chi connectivity index (χ1v) is 14.2. The van der Waals surface area contributed by atoms with Crippen LogP contribution in [-0.2, 0) is 4.74 Å². The Kier molecular flexibility index (Phi) is 8.62. The number of methoxy groups -OCH3 is 1. The summed E-state index contributed by atoms with van der Waals surface area (Å²) >= 11 is 0. The molecular weight excluding hydrogens is 488 g/mol. The van der Waals surface area contributed by atoms with Crippen molar-refractivity contribution in [2.75, 3.05) is 32.1 Å². The van der Waals surface area contributed by atoms with Crippen molar-refractivity contribution in [2.24, 2.45) is 0 Å². The molecule has 39 heavy (non-hydrogen) atoms. The number of anilines is 1. The summed E-state index contributed by atoms with van der Waals surface area (Å²) in [5.74, 6) is 0.823. The maximum Gasteiger partial charge on any atom is 0.338 e. The Balaban J connectivity index is 1.25. The van der Waals surface area contributed by atoms with Crippen molar-refractivity contribution in [2.45, 2.75) is 57.4 Å². The fourth-order valence-electron chi connectivity index (χ4n) is 6.03. The Morgan fingerprint density at radius 1 is 0.872 bits per heavy atom. The number of nitrogens with zero attached hydrogens (tertiary/aromatic N) is 1. The first-order chi connectivity index (χ1) is 19.1. The van der Waals surface area contributed by atoms with E-state index >= 15 is 0 Å². The largest absolute Gasteiger partial charge is 0.496 e. The highest BCUT2D eigenvalue weighted by Gasteiger charge is 2.29. The van der Waals surface area contributed by atoms with E-state index in [1.807, 2.05) is 54.6 Å². The van der Waals surface area contributed by atoms with Crippen LogP contribution in [0.25, 0.3) is 11.1 Å². The van der Waals surface area contributed by atoms with Gasteiger partial charge in [-0.15, -0.1) is 0 Å². The first kappa shape index (κ1) is 26.9. The van der Waals surface area contributed by atoms with Gasteiger partial charge in [-0.1, -0.05) is 37.1 Å². The quantitative estimate of drug-likeness (QED) is 0.323. The van der Waals surface area contributed by atoms with Crippen LogP contribution in [0, 0.1) is 0 Å². The molecule has 1 aliphatic heterocycles. The molecular formula is C33H38N2O4. The normalized spacial score (nSPS) is 16.7. The molecule has 2 aliphatic rings. The van der Waals surface area contributed by atoms with Gasteiger partial charge in [0, 0.05) is 17.3 Å². The van der Waals surface area contributed by atoms with E-state index in [1.165, 1.54) is 31.2 Å². The molecule has 0 bridgehead atoms. The number of piperidine rings is 1. The molecule has 1 N–H and O–H groups in total. The van der Waals surface area contributed by atoms with E-state index in [-0.39, 0.29) is 11.9 Å². The fraction of sp³-hybridized carbons (Fsp3) is 0.394. The lowest BCUT2D eigenvalue weighted by Crippen LogP contribution is -2.39. The van der Waals surface area contributed by atoms with Gasteiger partial charge in [-0.05, 0) is 111 Å². The molecule has 0 radical (unpaired) electrons. The lowest BCUT2D eigenvalue weighted by molar-refractivity contribution is 0.0526. The first-order valence-electron chi connectivity index (χ1n) is 14.2. The van der Waals surface area contributed by atoms with E-state index in [1.54, 1.807) is 20.1 Å². The number of carbonyl (C=O) groups is 2. The number of hydrogen-bond donors (Lipinski definition) is 1. The van der Waals surface area contributed by atoms with Crippen molar-refractivity contribution in [3.05, 3.63) is 83.4 Å². The maximum atomic E-state index is 13.1. The Bertz CT molecular complexity index is 1290. The van der Waals surface area contributed by atoms with E-state index in [0.29, 0.717) is 23.7 Å². The van der Waals surface area contributed by atoms with Crippen molar-refractivity contribution < 1.29 is 19.1 Å². The lowest BCUT2D eigenvalue weighted by Gasteiger charge is -2.36. The topological polar surface area (TPSA) is 67.9 Å². The highest BCUT2D eigenvalue weighted by molar-refractivity contribution is 6.04. The molecule has 204 valence electrons. The van der Waals surface area contributed by atoms with Gasteiger partial charge in [0.15, 0.2) is 0 Å². The minimum Gasteiger partial charge on any atom is -0.496 e. The van der Waals surface area contributed by atoms with E-state index < -0.39 is 0 Å². The van der Waals surface area contributed by atoms with E-state index in [9.17, 15) is 9.59 Å². The van der Waals surface area contributed by atoms with Gasteiger partial charge in [0.2, 0.25) is 0 Å². The number of hydrogen-bond acceptors (Lipinski definition) is 5. The molecule has 0 spiro atoms. The summed E-state index contributed by atoms with van der Waals surface area (Å²) in [6.07, 6.45) is 7.65. The number of nitrogens with one attached hydrogen (secondary N) is 1. The molecule has 6 heteroatoms. The minimum absolute atomic E-state index is 0.158. The predicted molar refractivity (Wildman–Crippen MR) is 155 cm³/mol. The van der Waals surface area contributed by atoms with Crippen molar-refractivity contribution in [1.29, 1.82) is 0 Å². The molecule has 1 saturated carbocycles. The van der Waals surface area contributed by atoms with Crippen LogP contribution in [0.15, 0.2) is 66.7 Å². The molecule has 0 atom stereocenters. The van der Waals surface area contributed by atoms with Gasteiger partial charge < -0.3 is 19.7 Å². The molecule has 1 saturated heterocycles. The van der Waals surface area contributed by atoms with Crippen LogP contribution < -0.4 is 10.1 Å². The zero-order valence-corrected chi connectivity index (χ0v) is 22.9. The van der Waals surface area contributed by atoms with Gasteiger partial charge in [-0.3, -0.25) is 4.79 Å². The molecule has 1 aliphatic carbocycles. The van der Waals surface area contributed by atoms with Gasteiger partial charge >= 0.3 is 5.97 Å². The monoisotopic (exact) mass is 526 g/mol. The third-order valence-corrected chi connectivity index (χ3v) is 8.15. The number of esters is 1. The Morgan fingerprint density at radius 2 is 1.62 bits per heavy atom. The third-order valence-electron chi connectivity index (χ3n) is 8.15. The van der Waals surface area contributed by atoms with Crippen molar-refractivity contribution >= 4 is 17.6 Å². The number of ether oxygens (including phenoxy) is 2. The second-order valence-electron chi connectivity index (χ2n) is 10.5. The Labute approximate surface area is 231 Å². The number of carbonyl (C=O) groups excluding carboxylic acids is 2. The summed E-state index contributed by atoms with van der Waals surface area (Å²) in [6, 6.07) is 21.5. The highest BCUT2D eigenvalue weighted by Crippen LogP contribution is 2.38. The molecule has 6 nitrogen and oxygen atoms in total. The van der Waals surface area contributed by atoms with Gasteiger partial charge in [-0.25, -0.2) is 4.79 Å². The SMILES string of the molecule is CCOC(=O)c1cccc(-c2ccc(C(=O)Nc3ccc(OC)c(C4CCN(C5CCCC5)CC4)c3)cc2)c1. The average Bonchev–Trinajstić information content (AvgIpc) is 3.53. The van der Waals surface area contributed by atoms with Crippen LogP contribution in [0.4, 0.5) is 5.69 Å². The van der Waals surface area contributed by atoms with Crippen molar-refractivity contribution in [3.8, 4) is 16.9 Å². The zero-order valence-electron chi connectivity index (χ0n) is 22.9. The van der Waals surface area contributed by atoms with Gasteiger partial charge in [0.1, 0.15) is 5.75 Å². The smallest absolute Gasteiger partial charge is 0.338 e. The molecule has 5 rings (SSSR count). The van der Waals surface area contributed by atoms with Gasteiger partial charge in [0.25, 0.3) is 5.91 Å². The van der Waals surface area contributed by atoms with E-state index in [0.717, 1.165) is 54.5 Å². The van der Waals surface area contributed by atoms with Gasteiger partial charge in [-0.2, -0.15) is 0 Å². The van der Waals surface area contributed by atoms with Gasteiger partial charge in [0.05, 0.1) is 19.3 Å². The fourth-order valence-corrected chi connectivity index (χ4v) is 6.03. The van der Waals surface area contributed by atoms with Crippen LogP contribution in [-0.4, -0.2) is 49.6 Å². The van der Waals surface area contributed by atoms with E-state index in [2.05, 4.69) is 16.3 Å². The summed E-state index contributed by atoms with van der Waals surface area (Å²) in [7, 11) is 1.72. The zero-order chi connectivity index (χ0) is 27.2. The van der Waals surface area contributed by atoms with E-state index in [4.69, 9.17) is 9.47 Å². The molecule has 3 aromatic rings. The Hall–Kier alpha value is -3.64. The molecule has 1 heterocycles.